The van der Waals surface area contributed by atoms with Crippen LogP contribution in [0.2, 0.25) is 0 Å². The SMILES string of the molecule is CCc1cc(=O)oc2cc(O[C@@H](C)C(=O)N[C@@H](CCCN=C(N)N)C(=O)O)ccc12. The number of carbonyl (C=O) groups excluding carboxylic acids is 1. The number of aliphatic imine (C=N–C) groups is 1. The Bertz CT molecular complexity index is 996. The first-order valence-electron chi connectivity index (χ1n) is 9.53. The number of nitrogens with two attached hydrogens (primary N) is 2. The van der Waals surface area contributed by atoms with Crippen molar-refractivity contribution < 1.29 is 23.8 Å². The topological polar surface area (TPSA) is 170 Å². The van der Waals surface area contributed by atoms with Crippen LogP contribution in [0.5, 0.6) is 5.75 Å². The first kappa shape index (κ1) is 22.7. The van der Waals surface area contributed by atoms with Crippen LogP contribution in [-0.2, 0) is 16.0 Å². The lowest BCUT2D eigenvalue weighted by Crippen LogP contribution is -2.46. The molecule has 0 fully saturated rings. The van der Waals surface area contributed by atoms with E-state index in [0.717, 1.165) is 10.9 Å². The number of aryl methyl sites for hydroxylation is 1. The lowest BCUT2D eigenvalue weighted by atomic mass is 10.1. The fourth-order valence-corrected chi connectivity index (χ4v) is 2.88. The molecule has 10 heteroatoms. The van der Waals surface area contributed by atoms with Gasteiger partial charge in [-0.15, -0.1) is 0 Å². The zero-order valence-electron chi connectivity index (χ0n) is 16.9. The summed E-state index contributed by atoms with van der Waals surface area (Å²) in [6.45, 7) is 3.69. The number of carboxylic acid groups (broad SMARTS) is 1. The van der Waals surface area contributed by atoms with Gasteiger partial charge in [0.15, 0.2) is 12.1 Å². The zero-order chi connectivity index (χ0) is 22.3. The van der Waals surface area contributed by atoms with Gasteiger partial charge in [0, 0.05) is 24.1 Å². The third-order valence-corrected chi connectivity index (χ3v) is 4.42. The summed E-state index contributed by atoms with van der Waals surface area (Å²) in [5, 5.41) is 12.5. The molecule has 1 aromatic carbocycles. The molecule has 162 valence electrons. The molecular weight excluding hydrogens is 392 g/mol. The molecule has 2 rings (SSSR count). The second-order valence-corrected chi connectivity index (χ2v) is 6.71. The van der Waals surface area contributed by atoms with Crippen molar-refractivity contribution in [3.8, 4) is 5.75 Å². The van der Waals surface area contributed by atoms with Crippen molar-refractivity contribution in [1.82, 2.24) is 5.32 Å². The Hall–Kier alpha value is -3.56. The molecule has 1 amide bonds. The minimum absolute atomic E-state index is 0.0785. The number of carbonyl (C=O) groups is 2. The number of nitrogens with zero attached hydrogens (tertiary/aromatic N) is 1. The summed E-state index contributed by atoms with van der Waals surface area (Å²) >= 11 is 0. The number of rotatable bonds is 10. The maximum absolute atomic E-state index is 12.4. The monoisotopic (exact) mass is 418 g/mol. The van der Waals surface area contributed by atoms with Gasteiger partial charge in [0.2, 0.25) is 0 Å². The zero-order valence-corrected chi connectivity index (χ0v) is 16.9. The van der Waals surface area contributed by atoms with E-state index in [-0.39, 0.29) is 18.9 Å². The van der Waals surface area contributed by atoms with E-state index in [4.69, 9.17) is 20.6 Å². The van der Waals surface area contributed by atoms with Crippen LogP contribution in [0.4, 0.5) is 0 Å². The van der Waals surface area contributed by atoms with Crippen molar-refractivity contribution in [3.05, 3.63) is 40.2 Å². The molecule has 1 aromatic heterocycles. The first-order valence-corrected chi connectivity index (χ1v) is 9.53. The third-order valence-electron chi connectivity index (χ3n) is 4.42. The standard InChI is InChI=1S/C20H26N4O6/c1-3-12-9-17(25)30-16-10-13(6-7-14(12)16)29-11(2)18(26)24-15(19(27)28)5-4-8-23-20(21)22/h6-7,9-11,15H,3-5,8H2,1-2H3,(H,24,26)(H,27,28)(H4,21,22,23)/t11-,15-/m0/s1. The molecule has 30 heavy (non-hydrogen) atoms. The predicted octanol–water partition coefficient (Wildman–Crippen LogP) is 0.746. The minimum atomic E-state index is -1.17. The van der Waals surface area contributed by atoms with Gasteiger partial charge in [-0.25, -0.2) is 9.59 Å². The number of aliphatic carboxylic acids is 1. The van der Waals surface area contributed by atoms with E-state index in [1.807, 2.05) is 6.92 Å². The first-order chi connectivity index (χ1) is 14.2. The van der Waals surface area contributed by atoms with E-state index in [0.29, 0.717) is 24.2 Å². The van der Waals surface area contributed by atoms with Gasteiger partial charge in [0.1, 0.15) is 17.4 Å². The molecule has 1 heterocycles. The van der Waals surface area contributed by atoms with Crippen LogP contribution in [0.15, 0.2) is 38.5 Å². The molecule has 0 spiro atoms. The van der Waals surface area contributed by atoms with Crippen LogP contribution in [0.1, 0.15) is 32.3 Å². The number of fused-ring (bicyclic) bond motifs is 1. The van der Waals surface area contributed by atoms with Gasteiger partial charge in [-0.3, -0.25) is 9.79 Å². The summed E-state index contributed by atoms with van der Waals surface area (Å²) in [6.07, 6.45) is 0.239. The fourth-order valence-electron chi connectivity index (χ4n) is 2.88. The molecule has 2 atom stereocenters. The summed E-state index contributed by atoms with van der Waals surface area (Å²) in [4.78, 5) is 39.2. The number of amides is 1. The molecule has 0 aliphatic carbocycles. The second kappa shape index (κ2) is 10.3. The van der Waals surface area contributed by atoms with Crippen LogP contribution in [-0.4, -0.2) is 41.6 Å². The molecule has 0 aliphatic heterocycles. The van der Waals surface area contributed by atoms with Crippen molar-refractivity contribution in [2.24, 2.45) is 16.5 Å². The average molecular weight is 418 g/mol. The summed E-state index contributed by atoms with van der Waals surface area (Å²) in [7, 11) is 0. The Morgan fingerprint density at radius 3 is 2.67 bits per heavy atom. The Labute approximate surface area is 172 Å². The fraction of sp³-hybridized carbons (Fsp3) is 0.400. The smallest absolute Gasteiger partial charge is 0.336 e. The summed E-state index contributed by atoms with van der Waals surface area (Å²) in [5.74, 6) is -1.51. The van der Waals surface area contributed by atoms with E-state index in [9.17, 15) is 19.5 Å². The highest BCUT2D eigenvalue weighted by atomic mass is 16.5. The molecular formula is C20H26N4O6. The molecule has 0 unspecified atom stereocenters. The molecule has 6 N–H and O–H groups in total. The van der Waals surface area contributed by atoms with E-state index in [2.05, 4.69) is 10.3 Å². The predicted molar refractivity (Wildman–Crippen MR) is 111 cm³/mol. The number of hydrogen-bond donors (Lipinski definition) is 4. The molecule has 0 radical (unpaired) electrons. The molecule has 0 saturated heterocycles. The van der Waals surface area contributed by atoms with Crippen LogP contribution < -0.4 is 27.1 Å². The molecule has 10 nitrogen and oxygen atoms in total. The van der Waals surface area contributed by atoms with Crippen LogP contribution in [0.25, 0.3) is 11.0 Å². The van der Waals surface area contributed by atoms with Crippen LogP contribution in [0, 0.1) is 0 Å². The van der Waals surface area contributed by atoms with Gasteiger partial charge < -0.3 is 31.0 Å². The van der Waals surface area contributed by atoms with Crippen LogP contribution >= 0.6 is 0 Å². The van der Waals surface area contributed by atoms with Gasteiger partial charge in [0.05, 0.1) is 0 Å². The number of carboxylic acids is 1. The highest BCUT2D eigenvalue weighted by molar-refractivity contribution is 5.86. The lowest BCUT2D eigenvalue weighted by Gasteiger charge is -2.19. The number of guanidine groups is 1. The van der Waals surface area contributed by atoms with Gasteiger partial charge in [0.25, 0.3) is 5.91 Å². The second-order valence-electron chi connectivity index (χ2n) is 6.71. The highest BCUT2D eigenvalue weighted by Crippen LogP contribution is 2.23. The summed E-state index contributed by atoms with van der Waals surface area (Å²) in [5.41, 5.74) is 11.2. The number of hydrogen-bond acceptors (Lipinski definition) is 6. The quantitative estimate of drug-likeness (QED) is 0.189. The minimum Gasteiger partial charge on any atom is -0.481 e. The van der Waals surface area contributed by atoms with Crippen molar-refractivity contribution >= 4 is 28.8 Å². The largest absolute Gasteiger partial charge is 0.481 e. The van der Waals surface area contributed by atoms with Gasteiger partial charge in [-0.2, -0.15) is 0 Å². The van der Waals surface area contributed by atoms with E-state index in [1.165, 1.54) is 19.1 Å². The maximum atomic E-state index is 12.4. The van der Waals surface area contributed by atoms with Crippen LogP contribution in [0.3, 0.4) is 0 Å². The lowest BCUT2D eigenvalue weighted by molar-refractivity contribution is -0.143. The van der Waals surface area contributed by atoms with E-state index >= 15 is 0 Å². The number of ether oxygens (including phenoxy) is 1. The maximum Gasteiger partial charge on any atom is 0.336 e. The van der Waals surface area contributed by atoms with Crippen molar-refractivity contribution in [1.29, 1.82) is 0 Å². The number of benzene rings is 1. The van der Waals surface area contributed by atoms with Gasteiger partial charge in [-0.05, 0) is 43.9 Å². The number of nitrogens with one attached hydrogen (secondary N) is 1. The highest BCUT2D eigenvalue weighted by Gasteiger charge is 2.23. The molecule has 0 saturated carbocycles. The summed E-state index contributed by atoms with van der Waals surface area (Å²) in [6, 6.07) is 5.29. The molecule has 0 bridgehead atoms. The third kappa shape index (κ3) is 6.23. The van der Waals surface area contributed by atoms with E-state index in [1.54, 1.807) is 12.1 Å². The van der Waals surface area contributed by atoms with Crippen molar-refractivity contribution in [3.63, 3.8) is 0 Å². The Kier molecular flexibility index (Phi) is 7.79. The normalized spacial score (nSPS) is 12.7. The Balaban J connectivity index is 2.04. The molecule has 2 aromatic rings. The Morgan fingerprint density at radius 1 is 1.30 bits per heavy atom. The van der Waals surface area contributed by atoms with Crippen molar-refractivity contribution in [2.45, 2.75) is 45.3 Å². The van der Waals surface area contributed by atoms with Crippen molar-refractivity contribution in [2.75, 3.05) is 6.54 Å². The van der Waals surface area contributed by atoms with Gasteiger partial charge >= 0.3 is 11.6 Å². The van der Waals surface area contributed by atoms with E-state index < -0.39 is 29.6 Å². The summed E-state index contributed by atoms with van der Waals surface area (Å²) < 4.78 is 10.8. The van der Waals surface area contributed by atoms with Gasteiger partial charge in [-0.1, -0.05) is 6.92 Å². The average Bonchev–Trinajstić information content (AvgIpc) is 2.68. The molecule has 0 aliphatic rings. The Morgan fingerprint density at radius 2 is 2.03 bits per heavy atom.